The van der Waals surface area contributed by atoms with Crippen LogP contribution in [0.25, 0.3) is 0 Å². The minimum Gasteiger partial charge on any atom is -0.385 e. The van der Waals surface area contributed by atoms with E-state index in [9.17, 15) is 4.79 Å². The van der Waals surface area contributed by atoms with Crippen LogP contribution in [0, 0.1) is 6.92 Å². The number of amides is 1. The smallest absolute Gasteiger partial charge is 0.254 e. The van der Waals surface area contributed by atoms with E-state index in [0.29, 0.717) is 0 Å². The van der Waals surface area contributed by atoms with E-state index >= 15 is 0 Å². The molecular weight excluding hydrogens is 248 g/mol. The number of nitrogens with one attached hydrogen (secondary N) is 1. The monoisotopic (exact) mass is 274 g/mol. The van der Waals surface area contributed by atoms with E-state index in [-0.39, 0.29) is 11.4 Å². The second kappa shape index (κ2) is 5.86. The molecule has 2 rings (SSSR count). The van der Waals surface area contributed by atoms with Crippen LogP contribution in [0.4, 0.5) is 5.69 Å². The summed E-state index contributed by atoms with van der Waals surface area (Å²) in [5.74, 6) is 0.164. The predicted octanol–water partition coefficient (Wildman–Crippen LogP) is 3.83. The number of aryl methyl sites for hydroxylation is 1. The summed E-state index contributed by atoms with van der Waals surface area (Å²) in [6, 6.07) is 5.98. The molecule has 0 aromatic heterocycles. The lowest BCUT2D eigenvalue weighted by Crippen LogP contribution is -2.42. The van der Waals surface area contributed by atoms with Gasteiger partial charge >= 0.3 is 0 Å². The number of carbonyl (C=O) groups excluding carboxylic acids is 1. The van der Waals surface area contributed by atoms with Crippen LogP contribution >= 0.6 is 0 Å². The number of hydrogen-bond donors (Lipinski definition) is 1. The van der Waals surface area contributed by atoms with Gasteiger partial charge in [0.05, 0.1) is 0 Å². The van der Waals surface area contributed by atoms with Gasteiger partial charge in [0.1, 0.15) is 0 Å². The molecule has 1 aliphatic heterocycles. The zero-order valence-corrected chi connectivity index (χ0v) is 13.1. The topological polar surface area (TPSA) is 32.3 Å². The fourth-order valence-corrected chi connectivity index (χ4v) is 2.89. The van der Waals surface area contributed by atoms with Gasteiger partial charge in [-0.05, 0) is 63.8 Å². The summed E-state index contributed by atoms with van der Waals surface area (Å²) in [6.07, 6.45) is 3.30. The van der Waals surface area contributed by atoms with Crippen molar-refractivity contribution in [1.82, 2.24) is 4.90 Å². The van der Waals surface area contributed by atoms with E-state index < -0.39 is 0 Å². The summed E-state index contributed by atoms with van der Waals surface area (Å²) in [7, 11) is 0. The van der Waals surface area contributed by atoms with Gasteiger partial charge in [0.2, 0.25) is 0 Å². The maximum absolute atomic E-state index is 12.6. The molecule has 0 bridgehead atoms. The van der Waals surface area contributed by atoms with Crippen molar-refractivity contribution in [3.63, 3.8) is 0 Å². The highest BCUT2D eigenvalue weighted by molar-refractivity contribution is 5.95. The minimum atomic E-state index is -0.00980. The van der Waals surface area contributed by atoms with E-state index in [1.54, 1.807) is 0 Å². The van der Waals surface area contributed by atoms with Crippen molar-refractivity contribution < 1.29 is 4.79 Å². The Hall–Kier alpha value is -1.51. The molecule has 0 radical (unpaired) electrons. The molecule has 1 saturated heterocycles. The minimum absolute atomic E-state index is 0.00980. The molecule has 1 aromatic carbocycles. The van der Waals surface area contributed by atoms with Crippen LogP contribution in [0.2, 0.25) is 0 Å². The number of hydrogen-bond acceptors (Lipinski definition) is 2. The fourth-order valence-electron chi connectivity index (χ4n) is 2.89. The van der Waals surface area contributed by atoms with Gasteiger partial charge in [-0.3, -0.25) is 4.79 Å². The maximum Gasteiger partial charge on any atom is 0.254 e. The summed E-state index contributed by atoms with van der Waals surface area (Å²) >= 11 is 0. The third-order valence-electron chi connectivity index (χ3n) is 4.18. The number of nitrogens with zero attached hydrogens (tertiary/aromatic N) is 1. The number of carbonyl (C=O) groups is 1. The Morgan fingerprint density at radius 3 is 2.70 bits per heavy atom. The summed E-state index contributed by atoms with van der Waals surface area (Å²) in [5, 5.41) is 3.39. The molecule has 1 fully saturated rings. The zero-order chi connectivity index (χ0) is 14.8. The van der Waals surface area contributed by atoms with Crippen LogP contribution in [0.5, 0.6) is 0 Å². The van der Waals surface area contributed by atoms with Crippen molar-refractivity contribution in [3.05, 3.63) is 29.3 Å². The quantitative estimate of drug-likeness (QED) is 0.905. The lowest BCUT2D eigenvalue weighted by atomic mass is 10.0. The van der Waals surface area contributed by atoms with E-state index in [2.05, 4.69) is 33.0 Å². The molecule has 1 N–H and O–H groups in total. The second-order valence-corrected chi connectivity index (χ2v) is 6.33. The van der Waals surface area contributed by atoms with Gasteiger partial charge in [-0.2, -0.15) is 0 Å². The van der Waals surface area contributed by atoms with Gasteiger partial charge < -0.3 is 10.2 Å². The number of likely N-dealkylation sites (tertiary alicyclic amines) is 1. The molecule has 1 heterocycles. The molecule has 3 heteroatoms. The largest absolute Gasteiger partial charge is 0.385 e. The number of benzene rings is 1. The Morgan fingerprint density at radius 2 is 2.15 bits per heavy atom. The van der Waals surface area contributed by atoms with E-state index in [1.807, 2.05) is 23.1 Å². The first-order valence-electron chi connectivity index (χ1n) is 7.62. The summed E-state index contributed by atoms with van der Waals surface area (Å²) in [6.45, 7) is 10.4. The van der Waals surface area contributed by atoms with Crippen molar-refractivity contribution in [2.24, 2.45) is 0 Å². The Balaban J connectivity index is 2.17. The Bertz CT molecular complexity index is 494. The Morgan fingerprint density at radius 1 is 1.40 bits per heavy atom. The average molecular weight is 274 g/mol. The van der Waals surface area contributed by atoms with Crippen LogP contribution in [0.3, 0.4) is 0 Å². The summed E-state index contributed by atoms with van der Waals surface area (Å²) in [4.78, 5) is 14.7. The van der Waals surface area contributed by atoms with Crippen LogP contribution in [-0.2, 0) is 0 Å². The van der Waals surface area contributed by atoms with Crippen molar-refractivity contribution in [2.45, 2.75) is 52.5 Å². The Labute approximate surface area is 122 Å². The third-order valence-corrected chi connectivity index (χ3v) is 4.18. The summed E-state index contributed by atoms with van der Waals surface area (Å²) in [5.41, 5.74) is 3.06. The molecule has 0 aliphatic carbocycles. The van der Waals surface area contributed by atoms with E-state index in [0.717, 1.165) is 49.2 Å². The number of anilines is 1. The van der Waals surface area contributed by atoms with Crippen LogP contribution < -0.4 is 5.32 Å². The molecule has 1 amide bonds. The molecule has 0 spiro atoms. The molecule has 1 aromatic rings. The summed E-state index contributed by atoms with van der Waals surface area (Å²) < 4.78 is 0. The lowest BCUT2D eigenvalue weighted by Gasteiger charge is -2.31. The van der Waals surface area contributed by atoms with E-state index in [1.165, 1.54) is 0 Å². The van der Waals surface area contributed by atoms with Crippen molar-refractivity contribution in [3.8, 4) is 0 Å². The molecule has 20 heavy (non-hydrogen) atoms. The average Bonchev–Trinajstić information content (AvgIpc) is 2.76. The molecule has 0 saturated carbocycles. The van der Waals surface area contributed by atoms with Gasteiger partial charge in [-0.25, -0.2) is 0 Å². The lowest BCUT2D eigenvalue weighted by molar-refractivity contribution is 0.0652. The predicted molar refractivity (Wildman–Crippen MR) is 84.3 cm³/mol. The third kappa shape index (κ3) is 2.97. The van der Waals surface area contributed by atoms with Crippen LogP contribution in [-0.4, -0.2) is 29.4 Å². The van der Waals surface area contributed by atoms with Crippen molar-refractivity contribution in [1.29, 1.82) is 0 Å². The normalized spacial score (nSPS) is 17.3. The van der Waals surface area contributed by atoms with E-state index in [4.69, 9.17) is 0 Å². The van der Waals surface area contributed by atoms with Gasteiger partial charge in [0, 0.05) is 29.9 Å². The molecule has 110 valence electrons. The highest BCUT2D eigenvalue weighted by atomic mass is 16.2. The van der Waals surface area contributed by atoms with Gasteiger partial charge in [0.25, 0.3) is 5.91 Å². The molecule has 0 atom stereocenters. The molecular formula is C17H26N2O. The first kappa shape index (κ1) is 14.9. The van der Waals surface area contributed by atoms with Gasteiger partial charge in [0.15, 0.2) is 0 Å². The van der Waals surface area contributed by atoms with Crippen LogP contribution in [0.1, 0.15) is 56.0 Å². The Kier molecular flexibility index (Phi) is 4.36. The van der Waals surface area contributed by atoms with Crippen molar-refractivity contribution >= 4 is 11.6 Å². The van der Waals surface area contributed by atoms with Gasteiger partial charge in [-0.1, -0.05) is 6.92 Å². The maximum atomic E-state index is 12.6. The standard InChI is InChI=1S/C17H26N2O/c1-5-10-18-15-8-7-14(12-13(15)2)16(20)19-11-6-9-17(19,3)4/h7-8,12,18H,5-6,9-11H2,1-4H3. The highest BCUT2D eigenvalue weighted by Gasteiger charge is 2.35. The van der Waals surface area contributed by atoms with Crippen LogP contribution in [0.15, 0.2) is 18.2 Å². The molecule has 3 nitrogen and oxygen atoms in total. The fraction of sp³-hybridized carbons (Fsp3) is 0.588. The molecule has 1 aliphatic rings. The molecule has 0 unspecified atom stereocenters. The number of rotatable bonds is 4. The SMILES string of the molecule is CCCNc1ccc(C(=O)N2CCCC2(C)C)cc1C. The van der Waals surface area contributed by atoms with Gasteiger partial charge in [-0.15, -0.1) is 0 Å². The first-order valence-corrected chi connectivity index (χ1v) is 7.62. The van der Waals surface area contributed by atoms with Crippen molar-refractivity contribution in [2.75, 3.05) is 18.4 Å². The first-order chi connectivity index (χ1) is 9.45. The zero-order valence-electron chi connectivity index (χ0n) is 13.1. The second-order valence-electron chi connectivity index (χ2n) is 6.33. The highest BCUT2D eigenvalue weighted by Crippen LogP contribution is 2.30.